The molecular weight excluding hydrogens is 1110 g/mol. The van der Waals surface area contributed by atoms with Gasteiger partial charge in [-0.25, -0.2) is 0 Å². The number of aliphatic hydroxyl groups excluding tert-OH is 1. The van der Waals surface area contributed by atoms with Gasteiger partial charge in [0.25, 0.3) is 0 Å². The van der Waals surface area contributed by atoms with Crippen molar-refractivity contribution in [2.45, 2.75) is 168 Å². The van der Waals surface area contributed by atoms with Gasteiger partial charge in [0.2, 0.25) is 5.91 Å². The van der Waals surface area contributed by atoms with Crippen LogP contribution in [0.1, 0.15) is 166 Å². The minimum atomic E-state index is -0.167. The Morgan fingerprint density at radius 3 is 0.667 bits per heavy atom. The molecule has 3 aromatic carbocycles. The van der Waals surface area contributed by atoms with E-state index in [1.165, 1.54) is 76.4 Å². The van der Waals surface area contributed by atoms with Gasteiger partial charge in [0.1, 0.15) is 67.9 Å². The van der Waals surface area contributed by atoms with E-state index in [0.29, 0.717) is 0 Å². The van der Waals surface area contributed by atoms with Crippen LogP contribution in [0.2, 0.25) is 0 Å². The van der Waals surface area contributed by atoms with Gasteiger partial charge in [-0.05, 0) is 102 Å². The summed E-state index contributed by atoms with van der Waals surface area (Å²) in [5.41, 5.74) is 17.5. The third-order valence-electron chi connectivity index (χ3n) is 7.79. The maximum Gasteiger partial charge on any atom is 0.219 e. The van der Waals surface area contributed by atoms with Gasteiger partial charge in [0.05, 0.1) is 0 Å². The van der Waals surface area contributed by atoms with E-state index in [-0.39, 0.29) is 55.1 Å². The highest BCUT2D eigenvalue weighted by Gasteiger charge is 2.11. The van der Waals surface area contributed by atoms with Crippen molar-refractivity contribution in [1.29, 1.82) is 0 Å². The predicted molar refractivity (Wildman–Crippen MR) is 385 cm³/mol. The number of hydrogen-bond donors (Lipinski definition) is 11. The average molecular weight is 1260 g/mol. The molecule has 1 heterocycles. The van der Waals surface area contributed by atoms with E-state index in [1.807, 2.05) is 135 Å². The fourth-order valence-corrected chi connectivity index (χ4v) is 3.23. The van der Waals surface area contributed by atoms with Crippen LogP contribution in [0, 0.1) is 17.8 Å². The van der Waals surface area contributed by atoms with Crippen molar-refractivity contribution < 1.29 is 57.8 Å². The highest BCUT2D eigenvalue weighted by Crippen LogP contribution is 2.07. The Morgan fingerprint density at radius 2 is 0.575 bits per heavy atom. The minimum absolute atomic E-state index is 0. The molecule has 23 heteroatoms. The maximum atomic E-state index is 10.7. The normalized spacial score (nSPS) is 7.32. The van der Waals surface area contributed by atoms with Gasteiger partial charge < -0.3 is 118 Å². The molecule has 1 amide bonds. The summed E-state index contributed by atoms with van der Waals surface area (Å²) in [6.07, 6.45) is 11.5. The summed E-state index contributed by atoms with van der Waals surface area (Å²) in [5.74, 6) is 2.88. The number of nitrogens with two attached hydrogens (primary N) is 3. The summed E-state index contributed by atoms with van der Waals surface area (Å²) < 4.78 is 0. The number of carbonyl (C=O) groups is 11. The lowest BCUT2D eigenvalue weighted by Gasteiger charge is -2.24. The molecule has 530 valence electrons. The van der Waals surface area contributed by atoms with E-state index in [4.69, 9.17) is 53.1 Å². The van der Waals surface area contributed by atoms with Gasteiger partial charge in [0, 0.05) is 26.1 Å². The molecule has 0 atom stereocenters. The Morgan fingerprint density at radius 1 is 0.414 bits per heavy atom. The summed E-state index contributed by atoms with van der Waals surface area (Å²) in [6.45, 7) is 58.9. The van der Waals surface area contributed by atoms with Crippen LogP contribution in [0.15, 0.2) is 97.6 Å². The molecule has 0 aliphatic carbocycles. The predicted octanol–water partition coefficient (Wildman–Crippen LogP) is 13.4. The molecule has 3 aromatic rings. The van der Waals surface area contributed by atoms with Crippen molar-refractivity contribution in [2.24, 2.45) is 35.0 Å². The quantitative estimate of drug-likeness (QED) is 0.109. The fraction of sp³-hybridized carbons (Fsp3) is 0.516. The number of carbonyl (C=O) groups excluding carboxylic acids is 11. The van der Waals surface area contributed by atoms with Gasteiger partial charge in [-0.1, -0.05) is 213 Å². The molecule has 0 radical (unpaired) electrons. The minimum Gasteiger partial charge on any atom is -0.394 e. The van der Waals surface area contributed by atoms with Crippen LogP contribution in [0.5, 0.6) is 0 Å². The number of likely N-dealkylation sites (tertiary alicyclic amines) is 1. The molecule has 4 rings (SSSR count). The van der Waals surface area contributed by atoms with Crippen LogP contribution in [-0.4, -0.2) is 124 Å². The van der Waals surface area contributed by atoms with E-state index in [2.05, 4.69) is 148 Å². The van der Waals surface area contributed by atoms with Crippen LogP contribution < -0.4 is 60.3 Å². The number of nitrogens with zero attached hydrogens (tertiary/aromatic N) is 1. The summed E-state index contributed by atoms with van der Waals surface area (Å²) in [6, 6.07) is 30.9. The first-order valence-corrected chi connectivity index (χ1v) is 26.0. The van der Waals surface area contributed by atoms with Crippen molar-refractivity contribution in [3.63, 3.8) is 0 Å². The summed E-state index contributed by atoms with van der Waals surface area (Å²) >= 11 is 0. The number of hydrogen-bond acceptors (Lipinski definition) is 22. The van der Waals surface area contributed by atoms with Gasteiger partial charge in [-0.2, -0.15) is 0 Å². The van der Waals surface area contributed by atoms with Crippen molar-refractivity contribution in [1.82, 2.24) is 48.0 Å². The zero-order chi connectivity index (χ0) is 68.6. The highest BCUT2D eigenvalue weighted by atomic mass is 16.3. The Bertz CT molecular complexity index is 1230. The number of piperidine rings is 1. The third kappa shape index (κ3) is 278. The van der Waals surface area contributed by atoms with Gasteiger partial charge in [-0.15, -0.1) is 0 Å². The summed E-state index contributed by atoms with van der Waals surface area (Å²) in [7, 11) is 4.50. The van der Waals surface area contributed by atoms with Crippen LogP contribution in [0.25, 0.3) is 6.08 Å². The molecule has 0 unspecified atom stereocenters. The molecule has 0 bridgehead atoms. The molecule has 28 N–H and O–H groups in total. The Balaban J connectivity index is -0.0000000207. The average Bonchev–Trinajstić information content (AvgIpc) is 3.57. The maximum absolute atomic E-state index is 10.7. The highest BCUT2D eigenvalue weighted by molar-refractivity contribution is 5.73. The molecule has 1 fully saturated rings. The zero-order valence-electron chi connectivity index (χ0n) is 59.5. The van der Waals surface area contributed by atoms with Crippen LogP contribution >= 0.6 is 0 Å². The number of amides is 1. The van der Waals surface area contributed by atoms with E-state index < -0.39 is 0 Å². The zero-order valence-corrected chi connectivity index (χ0v) is 59.5. The molecule has 23 nitrogen and oxygen atoms in total. The Hall–Kier alpha value is -6.87. The standard InChI is InChI=1S/2C8H10.C8H8.C7H13NO.3C5H12.C3H8O.C2H6.3CH5N.10CH2O.7H3N/c3*1-2-8-6-4-3-5-7-8;1-7(9)8-5-3-2-4-6-8;3*1-4-5(2)3;1-3(2)4;14*1-2;;;;;;;/h2*3-7H,2H2,1H3;2-7H,1H2;2-6H2,1H3;3*5H,4H2,1-3H3;3-4H,1-2H3;1-2H3;3*2H2,1H3;10*1H2;7*1H3. The van der Waals surface area contributed by atoms with Gasteiger partial charge in [-0.3, -0.25) is 4.79 Å². The second-order valence-electron chi connectivity index (χ2n) is 14.4. The molecule has 87 heavy (non-hydrogen) atoms. The SMILES string of the molecule is C=Cc1ccccc1.C=O.C=O.C=O.C=O.C=O.C=O.C=O.C=O.C=O.C=O.CC.CC(=O)N1CCCCC1.CC(C)O.CCC(C)C.CCC(C)C.CCC(C)C.CCc1ccccc1.CCc1ccccc1.CN.CN.CN.N.N.N.N.N.N.N. The second kappa shape index (κ2) is 227. The molecule has 0 spiro atoms. The lowest BCUT2D eigenvalue weighted by molar-refractivity contribution is -0.129. The number of benzene rings is 3. The fourth-order valence-electron chi connectivity index (χ4n) is 3.23. The number of aliphatic hydroxyl groups is 1. The van der Waals surface area contributed by atoms with Crippen molar-refractivity contribution in [3.05, 3.63) is 114 Å². The topological polar surface area (TPSA) is 534 Å². The van der Waals surface area contributed by atoms with Crippen molar-refractivity contribution >= 4 is 79.9 Å². The first-order chi connectivity index (χ1) is 38.6. The molecule has 0 saturated carbocycles. The smallest absolute Gasteiger partial charge is 0.219 e. The van der Waals surface area contributed by atoms with Crippen molar-refractivity contribution in [2.75, 3.05) is 34.2 Å². The van der Waals surface area contributed by atoms with Crippen LogP contribution in [0.4, 0.5) is 0 Å². The van der Waals surface area contributed by atoms with E-state index in [1.54, 1.807) is 20.8 Å². The first kappa shape index (κ1) is 165. The first-order valence-electron chi connectivity index (χ1n) is 26.0. The Labute approximate surface area is 535 Å². The second-order valence-corrected chi connectivity index (χ2v) is 14.4. The molecule has 1 aliphatic rings. The lowest BCUT2D eigenvalue weighted by Crippen LogP contribution is -2.33. The molecule has 1 aliphatic heterocycles. The van der Waals surface area contributed by atoms with E-state index >= 15 is 0 Å². The summed E-state index contributed by atoms with van der Waals surface area (Å²) in [5, 5.41) is 8.06. The van der Waals surface area contributed by atoms with Gasteiger partial charge >= 0.3 is 0 Å². The van der Waals surface area contributed by atoms with Crippen LogP contribution in [0.3, 0.4) is 0 Å². The third-order valence-corrected chi connectivity index (χ3v) is 7.79. The molecular formula is C64H147N11O12. The molecule has 0 aromatic heterocycles. The molecule has 1 saturated heterocycles. The van der Waals surface area contributed by atoms with E-state index in [9.17, 15) is 4.79 Å². The van der Waals surface area contributed by atoms with E-state index in [0.717, 1.165) is 43.7 Å². The lowest BCUT2D eigenvalue weighted by atomic mass is 10.1. The van der Waals surface area contributed by atoms with Crippen LogP contribution in [-0.2, 0) is 65.6 Å². The number of rotatable bonds is 6. The monoisotopic (exact) mass is 1260 g/mol. The summed E-state index contributed by atoms with van der Waals surface area (Å²) in [4.78, 5) is 92.6. The Kier molecular flexibility index (Phi) is 431. The van der Waals surface area contributed by atoms with Crippen molar-refractivity contribution in [3.8, 4) is 0 Å². The largest absolute Gasteiger partial charge is 0.394 e. The van der Waals surface area contributed by atoms with Gasteiger partial charge in [0.15, 0.2) is 0 Å². The number of aryl methyl sites for hydroxylation is 2.